The maximum atomic E-state index is 11.7. The minimum absolute atomic E-state index is 0.0467. The van der Waals surface area contributed by atoms with Crippen LogP contribution < -0.4 is 31.9 Å². The standard InChI is InChI=1S/C23H46N6O3/c1-17-14-27-18(2)15-28-19(6-5-11-26-22(30)9-10-23(31)32)16-29-21-8-4-3-7-20(21)25-13-12-24-17/h17-21,24-25,27-29H,3-16H2,1-2H3,(H,26,30)(H,31,32)/t17-,18+,19-,20+,21+/m0/s1. The van der Waals surface area contributed by atoms with Crippen LogP contribution in [0.2, 0.25) is 0 Å². The van der Waals surface area contributed by atoms with Crippen molar-refractivity contribution in [3.8, 4) is 0 Å². The molecule has 0 aromatic carbocycles. The Morgan fingerprint density at radius 2 is 1.50 bits per heavy atom. The molecular weight excluding hydrogens is 408 g/mol. The smallest absolute Gasteiger partial charge is 0.303 e. The van der Waals surface area contributed by atoms with E-state index in [0.717, 1.165) is 45.6 Å². The third kappa shape index (κ3) is 11.6. The van der Waals surface area contributed by atoms with Gasteiger partial charge in [-0.1, -0.05) is 12.8 Å². The zero-order chi connectivity index (χ0) is 23.2. The highest BCUT2D eigenvalue weighted by Crippen LogP contribution is 2.18. The third-order valence-electron chi connectivity index (χ3n) is 6.52. The van der Waals surface area contributed by atoms with Crippen molar-refractivity contribution >= 4 is 11.9 Å². The number of carbonyl (C=O) groups excluding carboxylic acids is 1. The largest absolute Gasteiger partial charge is 0.481 e. The van der Waals surface area contributed by atoms with Crippen LogP contribution in [0.3, 0.4) is 0 Å². The van der Waals surface area contributed by atoms with Gasteiger partial charge in [-0.2, -0.15) is 0 Å². The number of carboxylic acids is 1. The van der Waals surface area contributed by atoms with Crippen LogP contribution in [0.1, 0.15) is 65.2 Å². The third-order valence-corrected chi connectivity index (χ3v) is 6.52. The van der Waals surface area contributed by atoms with Gasteiger partial charge in [0.05, 0.1) is 6.42 Å². The molecule has 1 aliphatic heterocycles. The van der Waals surface area contributed by atoms with E-state index in [4.69, 9.17) is 5.11 Å². The van der Waals surface area contributed by atoms with Crippen LogP contribution in [0.25, 0.3) is 0 Å². The summed E-state index contributed by atoms with van der Waals surface area (Å²) < 4.78 is 0. The summed E-state index contributed by atoms with van der Waals surface area (Å²) in [5, 5.41) is 30.1. The van der Waals surface area contributed by atoms with E-state index in [1.807, 2.05) is 0 Å². The first kappa shape index (κ1) is 27.0. The second-order valence-corrected chi connectivity index (χ2v) is 9.52. The summed E-state index contributed by atoms with van der Waals surface area (Å²) in [6.45, 7) is 9.76. The second kappa shape index (κ2) is 15.6. The van der Waals surface area contributed by atoms with E-state index in [1.54, 1.807) is 0 Å². The molecule has 0 aromatic heterocycles. The Balaban J connectivity index is 1.84. The first-order valence-electron chi connectivity index (χ1n) is 12.6. The molecule has 0 bridgehead atoms. The first-order chi connectivity index (χ1) is 15.4. The maximum absolute atomic E-state index is 11.7. The molecule has 0 aromatic rings. The average molecular weight is 455 g/mol. The molecule has 1 heterocycles. The molecule has 1 amide bonds. The molecule has 2 rings (SSSR count). The van der Waals surface area contributed by atoms with Crippen LogP contribution in [-0.2, 0) is 9.59 Å². The van der Waals surface area contributed by atoms with Crippen LogP contribution in [0, 0.1) is 0 Å². The monoisotopic (exact) mass is 454 g/mol. The first-order valence-corrected chi connectivity index (χ1v) is 12.6. The molecule has 2 fully saturated rings. The zero-order valence-corrected chi connectivity index (χ0v) is 20.0. The van der Waals surface area contributed by atoms with E-state index < -0.39 is 5.97 Å². The number of amides is 1. The summed E-state index contributed by atoms with van der Waals surface area (Å²) in [5.41, 5.74) is 0. The molecule has 186 valence electrons. The van der Waals surface area contributed by atoms with E-state index in [0.29, 0.717) is 36.8 Å². The zero-order valence-electron chi connectivity index (χ0n) is 20.0. The van der Waals surface area contributed by atoms with Crippen LogP contribution in [0.4, 0.5) is 0 Å². The topological polar surface area (TPSA) is 127 Å². The van der Waals surface area contributed by atoms with Crippen molar-refractivity contribution in [3.05, 3.63) is 0 Å². The van der Waals surface area contributed by atoms with Gasteiger partial charge in [-0.3, -0.25) is 9.59 Å². The summed E-state index contributed by atoms with van der Waals surface area (Å²) in [7, 11) is 0. The molecule has 5 atom stereocenters. The molecule has 9 nitrogen and oxygen atoms in total. The van der Waals surface area contributed by atoms with Crippen molar-refractivity contribution in [3.63, 3.8) is 0 Å². The number of fused-ring (bicyclic) bond motifs is 1. The van der Waals surface area contributed by atoms with Crippen LogP contribution in [0.15, 0.2) is 0 Å². The molecule has 32 heavy (non-hydrogen) atoms. The summed E-state index contributed by atoms with van der Waals surface area (Å²) in [6.07, 6.45) is 6.78. The quantitative estimate of drug-likeness (QED) is 0.271. The number of nitrogens with one attached hydrogen (secondary N) is 6. The van der Waals surface area contributed by atoms with Gasteiger partial charge < -0.3 is 37.0 Å². The van der Waals surface area contributed by atoms with E-state index in [1.165, 1.54) is 25.7 Å². The lowest BCUT2D eigenvalue weighted by atomic mass is 9.90. The molecule has 9 heteroatoms. The van der Waals surface area contributed by atoms with E-state index in [-0.39, 0.29) is 18.7 Å². The Bertz CT molecular complexity index is 550. The highest BCUT2D eigenvalue weighted by atomic mass is 16.4. The lowest BCUT2D eigenvalue weighted by Crippen LogP contribution is -2.54. The van der Waals surface area contributed by atoms with Crippen molar-refractivity contribution in [1.29, 1.82) is 0 Å². The van der Waals surface area contributed by atoms with Gasteiger partial charge in [-0.15, -0.1) is 0 Å². The van der Waals surface area contributed by atoms with Crippen LogP contribution in [0.5, 0.6) is 0 Å². The molecule has 0 radical (unpaired) electrons. The number of carboxylic acid groups (broad SMARTS) is 1. The van der Waals surface area contributed by atoms with Crippen LogP contribution in [-0.4, -0.2) is 86.5 Å². The fraction of sp³-hybridized carbons (Fsp3) is 0.913. The molecular formula is C23H46N6O3. The number of hydrogen-bond donors (Lipinski definition) is 7. The van der Waals surface area contributed by atoms with E-state index in [9.17, 15) is 9.59 Å². The highest BCUT2D eigenvalue weighted by Gasteiger charge is 2.25. The Labute approximate surface area is 193 Å². The van der Waals surface area contributed by atoms with E-state index >= 15 is 0 Å². The Morgan fingerprint density at radius 3 is 2.25 bits per heavy atom. The molecule has 1 aliphatic carbocycles. The fourth-order valence-corrected chi connectivity index (χ4v) is 4.52. The summed E-state index contributed by atoms with van der Waals surface area (Å²) >= 11 is 0. The van der Waals surface area contributed by atoms with Crippen molar-refractivity contribution in [2.75, 3.05) is 39.3 Å². The van der Waals surface area contributed by atoms with Gasteiger partial charge in [0.15, 0.2) is 0 Å². The molecule has 1 saturated heterocycles. The lowest BCUT2D eigenvalue weighted by Gasteiger charge is -2.34. The van der Waals surface area contributed by atoms with Crippen molar-refractivity contribution in [2.24, 2.45) is 0 Å². The van der Waals surface area contributed by atoms with Crippen LogP contribution >= 0.6 is 0 Å². The van der Waals surface area contributed by atoms with Crippen molar-refractivity contribution in [1.82, 2.24) is 31.9 Å². The minimum Gasteiger partial charge on any atom is -0.481 e. The van der Waals surface area contributed by atoms with Gasteiger partial charge >= 0.3 is 5.97 Å². The van der Waals surface area contributed by atoms with Crippen molar-refractivity contribution in [2.45, 2.75) is 95.4 Å². The predicted molar refractivity (Wildman–Crippen MR) is 128 cm³/mol. The maximum Gasteiger partial charge on any atom is 0.303 e. The van der Waals surface area contributed by atoms with Gasteiger partial charge in [0.1, 0.15) is 0 Å². The number of carbonyl (C=O) groups is 2. The average Bonchev–Trinajstić information content (AvgIpc) is 2.78. The fourth-order valence-electron chi connectivity index (χ4n) is 4.52. The Morgan fingerprint density at radius 1 is 0.844 bits per heavy atom. The molecule has 7 N–H and O–H groups in total. The number of rotatable bonds is 7. The normalized spacial score (nSPS) is 31.0. The molecule has 0 unspecified atom stereocenters. The van der Waals surface area contributed by atoms with Gasteiger partial charge in [-0.25, -0.2) is 0 Å². The summed E-state index contributed by atoms with van der Waals surface area (Å²) in [6, 6.07) is 2.17. The SMILES string of the molecule is C[C@@H]1CN[C@@H](CCCNC(=O)CCC(=O)O)CN[C@@H]2CCCC[C@H]2NCCN[C@@H](C)CN1. The summed E-state index contributed by atoms with van der Waals surface area (Å²) in [5.74, 6) is -1.12. The Hall–Kier alpha value is -1.26. The lowest BCUT2D eigenvalue weighted by molar-refractivity contribution is -0.138. The van der Waals surface area contributed by atoms with Gasteiger partial charge in [0, 0.05) is 75.9 Å². The van der Waals surface area contributed by atoms with E-state index in [2.05, 4.69) is 45.7 Å². The second-order valence-electron chi connectivity index (χ2n) is 9.52. The molecule has 2 aliphatic rings. The van der Waals surface area contributed by atoms with Gasteiger partial charge in [-0.05, 0) is 39.5 Å². The highest BCUT2D eigenvalue weighted by molar-refractivity contribution is 5.80. The minimum atomic E-state index is -0.936. The predicted octanol–water partition coefficient (Wildman–Crippen LogP) is 0.166. The van der Waals surface area contributed by atoms with Gasteiger partial charge in [0.2, 0.25) is 5.91 Å². The molecule has 0 spiro atoms. The summed E-state index contributed by atoms with van der Waals surface area (Å²) in [4.78, 5) is 22.3. The Kier molecular flexibility index (Phi) is 13.1. The number of aliphatic carboxylic acids is 1. The van der Waals surface area contributed by atoms with Gasteiger partial charge in [0.25, 0.3) is 0 Å². The number of hydrogen-bond acceptors (Lipinski definition) is 7. The van der Waals surface area contributed by atoms with Crippen molar-refractivity contribution < 1.29 is 14.7 Å². The molecule has 1 saturated carbocycles.